The number of hydrogen-bond acceptors (Lipinski definition) is 4. The van der Waals surface area contributed by atoms with Gasteiger partial charge in [-0.1, -0.05) is 11.6 Å². The van der Waals surface area contributed by atoms with E-state index in [9.17, 15) is 22.8 Å². The van der Waals surface area contributed by atoms with Crippen molar-refractivity contribution in [2.45, 2.75) is 37.9 Å². The number of amides is 1. The highest BCUT2D eigenvalue weighted by atomic mass is 35.5. The van der Waals surface area contributed by atoms with Crippen molar-refractivity contribution in [1.82, 2.24) is 9.88 Å². The van der Waals surface area contributed by atoms with Gasteiger partial charge < -0.3 is 15.3 Å². The van der Waals surface area contributed by atoms with Crippen LogP contribution in [0.25, 0.3) is 0 Å². The summed E-state index contributed by atoms with van der Waals surface area (Å²) < 4.78 is 37.6. The van der Waals surface area contributed by atoms with Gasteiger partial charge in [0.1, 0.15) is 5.82 Å². The maximum atomic E-state index is 12.5. The second kappa shape index (κ2) is 7.90. The molecule has 1 amide bonds. The van der Waals surface area contributed by atoms with Gasteiger partial charge in [-0.25, -0.2) is 4.98 Å². The monoisotopic (exact) mass is 379 g/mol. The summed E-state index contributed by atoms with van der Waals surface area (Å²) in [6.07, 6.45) is -2.48. The van der Waals surface area contributed by atoms with Gasteiger partial charge in [0.05, 0.1) is 17.0 Å². The Morgan fingerprint density at radius 2 is 2.16 bits per heavy atom. The van der Waals surface area contributed by atoms with Crippen LogP contribution in [0.2, 0.25) is 5.02 Å². The standard InChI is InChI=1S/C15H17ClF3N3O3/c16-11-6-9(15(17,18)19)8-21-14(11)20-4-3-12(23)22-5-1-2-10(22)7-13(24)25/h6,8,10H,1-5,7H2,(H,20,21)(H,24,25)/t10-/m1/s1. The Bertz CT molecular complexity index is 655. The Morgan fingerprint density at radius 3 is 2.76 bits per heavy atom. The minimum Gasteiger partial charge on any atom is -0.481 e. The lowest BCUT2D eigenvalue weighted by atomic mass is 10.1. The molecular formula is C15H17ClF3N3O3. The number of likely N-dealkylation sites (tertiary alicyclic amines) is 1. The van der Waals surface area contributed by atoms with Crippen molar-refractivity contribution >= 4 is 29.3 Å². The number of aliphatic carboxylic acids is 1. The van der Waals surface area contributed by atoms with Gasteiger partial charge in [-0.3, -0.25) is 9.59 Å². The smallest absolute Gasteiger partial charge is 0.417 e. The van der Waals surface area contributed by atoms with Gasteiger partial charge in [0, 0.05) is 31.7 Å². The van der Waals surface area contributed by atoms with Crippen molar-refractivity contribution in [3.8, 4) is 0 Å². The summed E-state index contributed by atoms with van der Waals surface area (Å²) in [5, 5.41) is 11.4. The van der Waals surface area contributed by atoms with E-state index in [2.05, 4.69) is 10.3 Å². The molecule has 1 fully saturated rings. The van der Waals surface area contributed by atoms with Gasteiger partial charge in [-0.05, 0) is 18.9 Å². The molecule has 10 heteroatoms. The molecule has 0 saturated carbocycles. The van der Waals surface area contributed by atoms with E-state index in [-0.39, 0.29) is 42.2 Å². The predicted octanol–water partition coefficient (Wildman–Crippen LogP) is 3.02. The van der Waals surface area contributed by atoms with Crippen LogP contribution in [0.3, 0.4) is 0 Å². The van der Waals surface area contributed by atoms with Crippen LogP contribution < -0.4 is 5.32 Å². The summed E-state index contributed by atoms with van der Waals surface area (Å²) in [4.78, 5) is 28.2. The molecule has 0 aromatic carbocycles. The van der Waals surface area contributed by atoms with Crippen LogP contribution in [-0.4, -0.2) is 46.0 Å². The van der Waals surface area contributed by atoms with E-state index in [0.29, 0.717) is 19.2 Å². The summed E-state index contributed by atoms with van der Waals surface area (Å²) in [6.45, 7) is 0.642. The highest BCUT2D eigenvalue weighted by Crippen LogP contribution is 2.32. The summed E-state index contributed by atoms with van der Waals surface area (Å²) in [6, 6.07) is 0.458. The van der Waals surface area contributed by atoms with E-state index in [1.165, 1.54) is 4.90 Å². The zero-order chi connectivity index (χ0) is 18.6. The zero-order valence-corrected chi connectivity index (χ0v) is 13.9. The number of anilines is 1. The molecule has 2 heterocycles. The van der Waals surface area contributed by atoms with Crippen molar-refractivity contribution in [2.75, 3.05) is 18.4 Å². The number of carbonyl (C=O) groups excluding carboxylic acids is 1. The van der Waals surface area contributed by atoms with Gasteiger partial charge in [-0.2, -0.15) is 13.2 Å². The maximum absolute atomic E-state index is 12.5. The Hall–Kier alpha value is -2.03. The molecular weight excluding hydrogens is 363 g/mol. The average Bonchev–Trinajstić information content (AvgIpc) is 2.95. The largest absolute Gasteiger partial charge is 0.481 e. The molecule has 0 spiro atoms. The quantitative estimate of drug-likeness (QED) is 0.794. The zero-order valence-electron chi connectivity index (χ0n) is 13.1. The minimum atomic E-state index is -4.53. The Labute approximate surface area is 147 Å². The van der Waals surface area contributed by atoms with Gasteiger partial charge in [-0.15, -0.1) is 0 Å². The lowest BCUT2D eigenvalue weighted by Gasteiger charge is -2.23. The molecule has 1 aliphatic heterocycles. The molecule has 0 bridgehead atoms. The SMILES string of the molecule is O=C(O)C[C@H]1CCCN1C(=O)CCNc1ncc(C(F)(F)F)cc1Cl. The first-order valence-corrected chi connectivity index (χ1v) is 8.04. The normalized spacial score (nSPS) is 17.6. The van der Waals surface area contributed by atoms with E-state index in [4.69, 9.17) is 16.7 Å². The van der Waals surface area contributed by atoms with Crippen LogP contribution in [0.15, 0.2) is 12.3 Å². The highest BCUT2D eigenvalue weighted by molar-refractivity contribution is 6.32. The fourth-order valence-electron chi connectivity index (χ4n) is 2.73. The summed E-state index contributed by atoms with van der Waals surface area (Å²) in [5.41, 5.74) is -0.951. The molecule has 1 atom stereocenters. The van der Waals surface area contributed by atoms with Gasteiger partial charge >= 0.3 is 12.1 Å². The lowest BCUT2D eigenvalue weighted by molar-refractivity contribution is -0.140. The van der Waals surface area contributed by atoms with Crippen LogP contribution in [0.4, 0.5) is 19.0 Å². The number of nitrogens with zero attached hydrogens (tertiary/aromatic N) is 2. The van der Waals surface area contributed by atoms with E-state index >= 15 is 0 Å². The molecule has 1 aromatic heterocycles. The van der Waals surface area contributed by atoms with Gasteiger partial charge in [0.15, 0.2) is 0 Å². The van der Waals surface area contributed by atoms with Crippen LogP contribution in [0.1, 0.15) is 31.2 Å². The second-order valence-electron chi connectivity index (χ2n) is 5.71. The number of alkyl halides is 3. The average molecular weight is 380 g/mol. The van der Waals surface area contributed by atoms with E-state index in [1.54, 1.807) is 0 Å². The number of carboxylic acids is 1. The van der Waals surface area contributed by atoms with E-state index in [1.807, 2.05) is 0 Å². The highest BCUT2D eigenvalue weighted by Gasteiger charge is 2.32. The molecule has 2 N–H and O–H groups in total. The topological polar surface area (TPSA) is 82.5 Å². The number of halogens is 4. The predicted molar refractivity (Wildman–Crippen MR) is 84.3 cm³/mol. The second-order valence-corrected chi connectivity index (χ2v) is 6.12. The molecule has 6 nitrogen and oxygen atoms in total. The van der Waals surface area contributed by atoms with Crippen molar-refractivity contribution in [3.05, 3.63) is 22.8 Å². The van der Waals surface area contributed by atoms with Crippen molar-refractivity contribution in [1.29, 1.82) is 0 Å². The summed E-state index contributed by atoms with van der Waals surface area (Å²) >= 11 is 5.77. The number of carbonyl (C=O) groups is 2. The first kappa shape index (κ1) is 19.3. The molecule has 0 unspecified atom stereocenters. The third-order valence-corrected chi connectivity index (χ3v) is 4.20. The van der Waals surface area contributed by atoms with Crippen molar-refractivity contribution < 1.29 is 27.9 Å². The van der Waals surface area contributed by atoms with Crippen LogP contribution in [0, 0.1) is 0 Å². The Morgan fingerprint density at radius 1 is 1.44 bits per heavy atom. The molecule has 1 aromatic rings. The maximum Gasteiger partial charge on any atom is 0.417 e. The molecule has 2 rings (SSSR count). The van der Waals surface area contributed by atoms with Crippen LogP contribution in [0.5, 0.6) is 0 Å². The summed E-state index contributed by atoms with van der Waals surface area (Å²) in [5.74, 6) is -1.10. The molecule has 25 heavy (non-hydrogen) atoms. The number of carboxylic acid groups (broad SMARTS) is 1. The Balaban J connectivity index is 1.88. The number of hydrogen-bond donors (Lipinski definition) is 2. The van der Waals surface area contributed by atoms with Crippen LogP contribution >= 0.6 is 11.6 Å². The van der Waals surface area contributed by atoms with Crippen molar-refractivity contribution in [3.63, 3.8) is 0 Å². The van der Waals surface area contributed by atoms with Crippen LogP contribution in [-0.2, 0) is 15.8 Å². The molecule has 0 aliphatic carbocycles. The van der Waals surface area contributed by atoms with Gasteiger partial charge in [0.25, 0.3) is 0 Å². The van der Waals surface area contributed by atoms with E-state index in [0.717, 1.165) is 12.5 Å². The first-order valence-electron chi connectivity index (χ1n) is 7.66. The lowest BCUT2D eigenvalue weighted by Crippen LogP contribution is -2.37. The summed E-state index contributed by atoms with van der Waals surface area (Å²) in [7, 11) is 0. The number of nitrogens with one attached hydrogen (secondary N) is 1. The number of aromatic nitrogens is 1. The molecule has 138 valence electrons. The molecule has 0 radical (unpaired) electrons. The van der Waals surface area contributed by atoms with Gasteiger partial charge in [0.2, 0.25) is 5.91 Å². The molecule has 1 aliphatic rings. The number of rotatable bonds is 6. The molecule has 1 saturated heterocycles. The first-order chi connectivity index (χ1) is 11.7. The fourth-order valence-corrected chi connectivity index (χ4v) is 2.97. The third kappa shape index (κ3) is 5.22. The van der Waals surface area contributed by atoms with E-state index < -0.39 is 17.7 Å². The fraction of sp³-hybridized carbons (Fsp3) is 0.533. The number of pyridine rings is 1. The third-order valence-electron chi connectivity index (χ3n) is 3.91. The minimum absolute atomic E-state index is 0.0611. The van der Waals surface area contributed by atoms with Crippen molar-refractivity contribution in [2.24, 2.45) is 0 Å². The Kier molecular flexibility index (Phi) is 6.10.